The first-order valence-corrected chi connectivity index (χ1v) is 9.32. The lowest BCUT2D eigenvalue weighted by atomic mass is 10.00. The highest BCUT2D eigenvalue weighted by atomic mass is 35.5. The number of nitrogens with one attached hydrogen (secondary N) is 1. The van der Waals surface area contributed by atoms with Crippen LogP contribution in [-0.2, 0) is 14.3 Å². The third-order valence-corrected chi connectivity index (χ3v) is 4.57. The monoisotopic (exact) mass is 415 g/mol. The van der Waals surface area contributed by atoms with Crippen molar-refractivity contribution in [1.82, 2.24) is 5.32 Å². The van der Waals surface area contributed by atoms with Crippen LogP contribution in [0.25, 0.3) is 10.8 Å². The van der Waals surface area contributed by atoms with Gasteiger partial charge in [0.05, 0.1) is 11.1 Å². The molecule has 0 spiro atoms. The van der Waals surface area contributed by atoms with Crippen molar-refractivity contribution in [2.45, 2.75) is 13.0 Å². The second-order valence-electron chi connectivity index (χ2n) is 6.38. The van der Waals surface area contributed by atoms with Crippen molar-refractivity contribution in [2.75, 3.05) is 13.2 Å². The van der Waals surface area contributed by atoms with E-state index < -0.39 is 30.9 Å². The minimum absolute atomic E-state index is 0.0412. The third-order valence-electron chi connectivity index (χ3n) is 4.27. The van der Waals surface area contributed by atoms with Gasteiger partial charge in [-0.1, -0.05) is 54.1 Å². The predicted molar refractivity (Wildman–Crippen MR) is 108 cm³/mol. The molecule has 0 radical (unpaired) electrons. The molecular formula is C22H19ClFNO4. The van der Waals surface area contributed by atoms with Gasteiger partial charge in [0.1, 0.15) is 11.6 Å². The normalized spacial score (nSPS) is 11.7. The number of benzene rings is 3. The topological polar surface area (TPSA) is 64.6 Å². The Morgan fingerprint density at radius 3 is 2.62 bits per heavy atom. The quantitative estimate of drug-likeness (QED) is 0.580. The predicted octanol–water partition coefficient (Wildman–Crippen LogP) is 4.43. The van der Waals surface area contributed by atoms with Crippen molar-refractivity contribution in [3.05, 3.63) is 77.1 Å². The van der Waals surface area contributed by atoms with Crippen molar-refractivity contribution in [3.63, 3.8) is 0 Å². The van der Waals surface area contributed by atoms with Gasteiger partial charge in [0.2, 0.25) is 0 Å². The van der Waals surface area contributed by atoms with Gasteiger partial charge in [-0.25, -0.2) is 9.18 Å². The molecule has 0 fully saturated rings. The molecule has 0 saturated heterocycles. The number of carbonyl (C=O) groups excluding carboxylic acids is 2. The number of ether oxygens (including phenoxy) is 2. The van der Waals surface area contributed by atoms with Crippen LogP contribution in [0.3, 0.4) is 0 Å². The number of rotatable bonds is 7. The van der Waals surface area contributed by atoms with E-state index in [1.807, 2.05) is 49.4 Å². The van der Waals surface area contributed by atoms with E-state index in [4.69, 9.17) is 21.1 Å². The highest BCUT2D eigenvalue weighted by molar-refractivity contribution is 6.32. The Bertz CT molecular complexity index is 1040. The fourth-order valence-corrected chi connectivity index (χ4v) is 3.13. The smallest absolute Gasteiger partial charge is 0.344 e. The maximum Gasteiger partial charge on any atom is 0.344 e. The number of amides is 1. The fourth-order valence-electron chi connectivity index (χ4n) is 2.91. The van der Waals surface area contributed by atoms with Crippen molar-refractivity contribution in [1.29, 1.82) is 0 Å². The molecule has 0 heterocycles. The van der Waals surface area contributed by atoms with E-state index in [1.54, 1.807) is 0 Å². The molecule has 1 amide bonds. The number of fused-ring (bicyclic) bond motifs is 1. The Morgan fingerprint density at radius 1 is 1.07 bits per heavy atom. The van der Waals surface area contributed by atoms with Gasteiger partial charge < -0.3 is 14.8 Å². The molecule has 0 aliphatic heterocycles. The van der Waals surface area contributed by atoms with Gasteiger partial charge in [0, 0.05) is 0 Å². The molecule has 7 heteroatoms. The molecule has 0 aliphatic rings. The molecule has 3 aromatic rings. The van der Waals surface area contributed by atoms with E-state index in [0.717, 1.165) is 28.5 Å². The summed E-state index contributed by atoms with van der Waals surface area (Å²) in [5.41, 5.74) is 0.970. The molecule has 150 valence electrons. The lowest BCUT2D eigenvalue weighted by Gasteiger charge is -2.16. The maximum atomic E-state index is 13.0. The molecule has 29 heavy (non-hydrogen) atoms. The van der Waals surface area contributed by atoms with Crippen molar-refractivity contribution < 1.29 is 23.5 Å². The van der Waals surface area contributed by atoms with Gasteiger partial charge >= 0.3 is 5.97 Å². The highest BCUT2D eigenvalue weighted by Gasteiger charge is 2.14. The molecule has 0 aliphatic carbocycles. The summed E-state index contributed by atoms with van der Waals surface area (Å²) in [5.74, 6) is -1.53. The maximum absolute atomic E-state index is 13.0. The minimum Gasteiger partial charge on any atom is -0.480 e. The lowest BCUT2D eigenvalue weighted by Crippen LogP contribution is -2.32. The molecule has 0 aromatic heterocycles. The number of hydrogen-bond acceptors (Lipinski definition) is 4. The van der Waals surface area contributed by atoms with Crippen LogP contribution in [0.1, 0.15) is 18.5 Å². The molecule has 0 saturated carbocycles. The van der Waals surface area contributed by atoms with Gasteiger partial charge in [0.15, 0.2) is 13.2 Å². The molecule has 0 unspecified atom stereocenters. The molecule has 0 bridgehead atoms. The summed E-state index contributed by atoms with van der Waals surface area (Å²) in [6, 6.07) is 17.0. The van der Waals surface area contributed by atoms with Gasteiger partial charge in [-0.15, -0.1) is 0 Å². The minimum atomic E-state index is -0.738. The third kappa shape index (κ3) is 5.45. The van der Waals surface area contributed by atoms with Gasteiger partial charge in [-0.3, -0.25) is 4.79 Å². The fraction of sp³-hybridized carbons (Fsp3) is 0.182. The Kier molecular flexibility index (Phi) is 6.67. The van der Waals surface area contributed by atoms with Crippen LogP contribution in [0.2, 0.25) is 5.02 Å². The Labute approximate surface area is 172 Å². The summed E-state index contributed by atoms with van der Waals surface area (Å²) in [5, 5.41) is 4.98. The van der Waals surface area contributed by atoms with Crippen LogP contribution in [-0.4, -0.2) is 25.1 Å². The number of esters is 1. The van der Waals surface area contributed by atoms with Crippen LogP contribution >= 0.6 is 11.6 Å². The summed E-state index contributed by atoms with van der Waals surface area (Å²) in [6.45, 7) is 0.979. The number of hydrogen-bond donors (Lipinski definition) is 1. The zero-order valence-corrected chi connectivity index (χ0v) is 16.4. The van der Waals surface area contributed by atoms with E-state index in [-0.39, 0.29) is 16.8 Å². The first-order valence-electron chi connectivity index (χ1n) is 8.94. The average molecular weight is 416 g/mol. The zero-order chi connectivity index (χ0) is 20.8. The first kappa shape index (κ1) is 20.6. The summed E-state index contributed by atoms with van der Waals surface area (Å²) in [7, 11) is 0. The Balaban J connectivity index is 1.49. The summed E-state index contributed by atoms with van der Waals surface area (Å²) in [4.78, 5) is 23.9. The van der Waals surface area contributed by atoms with Gasteiger partial charge in [0.25, 0.3) is 5.91 Å². The van der Waals surface area contributed by atoms with E-state index in [2.05, 4.69) is 5.32 Å². The molecule has 1 N–H and O–H groups in total. The van der Waals surface area contributed by atoms with Gasteiger partial charge in [-0.05, 0) is 41.5 Å². The molecule has 5 nitrogen and oxygen atoms in total. The largest absolute Gasteiger partial charge is 0.480 e. The van der Waals surface area contributed by atoms with Crippen LogP contribution in [0.4, 0.5) is 4.39 Å². The van der Waals surface area contributed by atoms with Crippen molar-refractivity contribution in [2.24, 2.45) is 0 Å². The summed E-state index contributed by atoms with van der Waals surface area (Å²) in [6.07, 6.45) is 0. The van der Waals surface area contributed by atoms with E-state index in [9.17, 15) is 14.0 Å². The summed E-state index contributed by atoms with van der Waals surface area (Å²) >= 11 is 5.82. The van der Waals surface area contributed by atoms with E-state index in [0.29, 0.717) is 0 Å². The van der Waals surface area contributed by atoms with E-state index in [1.165, 1.54) is 6.07 Å². The van der Waals surface area contributed by atoms with Gasteiger partial charge in [-0.2, -0.15) is 0 Å². The number of halogens is 2. The van der Waals surface area contributed by atoms with Crippen LogP contribution in [0, 0.1) is 5.82 Å². The van der Waals surface area contributed by atoms with Crippen molar-refractivity contribution in [3.8, 4) is 5.75 Å². The van der Waals surface area contributed by atoms with Crippen LogP contribution in [0.5, 0.6) is 5.75 Å². The van der Waals surface area contributed by atoms with E-state index >= 15 is 0 Å². The molecule has 3 rings (SSSR count). The van der Waals surface area contributed by atoms with Crippen LogP contribution in [0.15, 0.2) is 60.7 Å². The average Bonchev–Trinajstić information content (AvgIpc) is 2.71. The zero-order valence-electron chi connectivity index (χ0n) is 15.7. The van der Waals surface area contributed by atoms with Crippen LogP contribution < -0.4 is 10.1 Å². The SMILES string of the molecule is C[C@@H](NC(=O)COC(=O)COc1ccc(F)cc1Cl)c1cccc2ccccc12. The lowest BCUT2D eigenvalue weighted by molar-refractivity contribution is -0.150. The number of carbonyl (C=O) groups is 2. The first-order chi connectivity index (χ1) is 13.9. The highest BCUT2D eigenvalue weighted by Crippen LogP contribution is 2.25. The summed E-state index contributed by atoms with van der Waals surface area (Å²) < 4.78 is 23.1. The molecule has 1 atom stereocenters. The molecular weight excluding hydrogens is 397 g/mol. The molecule has 3 aromatic carbocycles. The second kappa shape index (κ2) is 9.39. The Morgan fingerprint density at radius 2 is 1.83 bits per heavy atom. The standard InChI is InChI=1S/C22H19ClFNO4/c1-14(17-8-4-6-15-5-2-3-7-18(15)17)25-21(26)12-29-22(27)13-28-20-10-9-16(24)11-19(20)23/h2-11,14H,12-13H2,1H3,(H,25,26)/t14-/m1/s1. The van der Waals surface area contributed by atoms with Crippen molar-refractivity contribution >= 4 is 34.2 Å². The Hall–Kier alpha value is -3.12. The second-order valence-corrected chi connectivity index (χ2v) is 6.79.